The van der Waals surface area contributed by atoms with E-state index in [-0.39, 0.29) is 11.6 Å². The van der Waals surface area contributed by atoms with Crippen LogP contribution in [0.4, 0.5) is 9.18 Å². The molecule has 0 radical (unpaired) electrons. The smallest absolute Gasteiger partial charge is 0.321 e. The maximum absolute atomic E-state index is 13.2. The van der Waals surface area contributed by atoms with Crippen molar-refractivity contribution in [1.29, 1.82) is 0 Å². The van der Waals surface area contributed by atoms with E-state index >= 15 is 0 Å². The van der Waals surface area contributed by atoms with E-state index in [0.717, 1.165) is 27.8 Å². The number of carbonyl (C=O) groups excluding carboxylic acids is 2. The molecule has 2 heterocycles. The first-order chi connectivity index (χ1) is 13.1. The number of aromatic nitrogens is 2. The van der Waals surface area contributed by atoms with Crippen molar-refractivity contribution in [3.63, 3.8) is 0 Å². The zero-order chi connectivity index (χ0) is 19.2. The Balaban J connectivity index is 1.77. The fraction of sp³-hybridized carbons (Fsp3) is 0.222. The number of nitrogens with one attached hydrogen (secondary N) is 2. The Labute approximate surface area is 163 Å². The summed E-state index contributed by atoms with van der Waals surface area (Å²) in [5.74, 6) is -0.661. The van der Waals surface area contributed by atoms with E-state index in [1.807, 2.05) is 12.3 Å². The van der Waals surface area contributed by atoms with Gasteiger partial charge in [0.15, 0.2) is 0 Å². The Morgan fingerprint density at radius 3 is 2.74 bits per heavy atom. The van der Waals surface area contributed by atoms with Crippen molar-refractivity contribution in [2.75, 3.05) is 12.3 Å². The van der Waals surface area contributed by atoms with Crippen molar-refractivity contribution < 1.29 is 14.0 Å². The third-order valence-corrected chi connectivity index (χ3v) is 5.50. The lowest BCUT2D eigenvalue weighted by molar-refractivity contribution is -0.117. The summed E-state index contributed by atoms with van der Waals surface area (Å²) >= 11 is 2.69. The van der Waals surface area contributed by atoms with E-state index < -0.39 is 11.9 Å². The first-order valence-corrected chi connectivity index (χ1v) is 10.1. The molecule has 0 atom stereocenters. The largest absolute Gasteiger partial charge is 0.338 e. The van der Waals surface area contributed by atoms with E-state index in [1.54, 1.807) is 12.1 Å². The van der Waals surface area contributed by atoms with Gasteiger partial charge < -0.3 is 5.32 Å². The molecule has 1 aromatic carbocycles. The summed E-state index contributed by atoms with van der Waals surface area (Å²) in [6, 6.07) is 5.69. The molecule has 2 N–H and O–H groups in total. The molecule has 0 aliphatic rings. The van der Waals surface area contributed by atoms with Crippen LogP contribution in [0.3, 0.4) is 0 Å². The predicted molar refractivity (Wildman–Crippen MR) is 105 cm³/mol. The maximum atomic E-state index is 13.2. The predicted octanol–water partition coefficient (Wildman–Crippen LogP) is 3.83. The van der Waals surface area contributed by atoms with Crippen LogP contribution in [-0.4, -0.2) is 34.2 Å². The molecular formula is C18H17FN4O2S2. The Kier molecular flexibility index (Phi) is 6.36. The van der Waals surface area contributed by atoms with Crippen molar-refractivity contribution in [3.05, 3.63) is 41.8 Å². The fourth-order valence-corrected chi connectivity index (χ4v) is 4.17. The summed E-state index contributed by atoms with van der Waals surface area (Å²) in [5.41, 5.74) is 1.74. The number of benzene rings is 1. The van der Waals surface area contributed by atoms with Crippen LogP contribution >= 0.6 is 23.1 Å². The van der Waals surface area contributed by atoms with Crippen LogP contribution in [-0.2, 0) is 4.79 Å². The maximum Gasteiger partial charge on any atom is 0.321 e. The van der Waals surface area contributed by atoms with Crippen LogP contribution in [0, 0.1) is 5.82 Å². The Morgan fingerprint density at radius 2 is 2.00 bits per heavy atom. The molecule has 27 heavy (non-hydrogen) atoms. The normalized spacial score (nSPS) is 10.7. The van der Waals surface area contributed by atoms with E-state index in [1.165, 1.54) is 41.6 Å². The number of urea groups is 1. The molecule has 0 aliphatic heterocycles. The number of nitrogens with zero attached hydrogens (tertiary/aromatic N) is 2. The lowest BCUT2D eigenvalue weighted by Gasteiger charge is -2.07. The highest BCUT2D eigenvalue weighted by Crippen LogP contribution is 2.37. The van der Waals surface area contributed by atoms with Gasteiger partial charge in [-0.3, -0.25) is 10.1 Å². The molecule has 0 saturated heterocycles. The number of hydrogen-bond donors (Lipinski definition) is 2. The number of imide groups is 1. The number of hydrogen-bond acceptors (Lipinski definition) is 6. The first kappa shape index (κ1) is 19.2. The molecule has 0 unspecified atom stereocenters. The molecule has 140 valence electrons. The number of rotatable bonds is 6. The van der Waals surface area contributed by atoms with E-state index in [0.29, 0.717) is 11.6 Å². The molecule has 2 aromatic heterocycles. The van der Waals surface area contributed by atoms with Gasteiger partial charge in [-0.15, -0.1) is 11.3 Å². The minimum Gasteiger partial charge on any atom is -0.338 e. The van der Waals surface area contributed by atoms with Gasteiger partial charge in [0.1, 0.15) is 22.0 Å². The molecule has 3 amide bonds. The summed E-state index contributed by atoms with van der Waals surface area (Å²) in [4.78, 5) is 32.9. The topological polar surface area (TPSA) is 84.0 Å². The Bertz CT molecular complexity index is 960. The number of halogens is 1. The van der Waals surface area contributed by atoms with Crippen LogP contribution < -0.4 is 10.6 Å². The standard InChI is InChI=1S/C18H17FN4O2S2/c1-2-7-20-18(25)23-14(24)9-27-17-15-13(8-26-16(15)21-10-22-17)11-3-5-12(19)6-4-11/h3-6,8,10H,2,7,9H2,1H3,(H2,20,23,24,25). The molecule has 0 saturated carbocycles. The molecule has 6 nitrogen and oxygen atoms in total. The van der Waals surface area contributed by atoms with Crippen molar-refractivity contribution in [2.24, 2.45) is 0 Å². The van der Waals surface area contributed by atoms with Gasteiger partial charge in [0.25, 0.3) is 0 Å². The van der Waals surface area contributed by atoms with Crippen LogP contribution in [0.5, 0.6) is 0 Å². The third kappa shape index (κ3) is 4.81. The summed E-state index contributed by atoms with van der Waals surface area (Å²) in [6.07, 6.45) is 2.24. The van der Waals surface area contributed by atoms with Gasteiger partial charge in [-0.2, -0.15) is 0 Å². The summed E-state index contributed by atoms with van der Waals surface area (Å²) in [6.45, 7) is 2.44. The molecule has 3 aromatic rings. The highest BCUT2D eigenvalue weighted by atomic mass is 32.2. The monoisotopic (exact) mass is 404 g/mol. The van der Waals surface area contributed by atoms with Crippen molar-refractivity contribution >= 4 is 45.3 Å². The van der Waals surface area contributed by atoms with Gasteiger partial charge in [-0.05, 0) is 24.1 Å². The molecule has 0 fully saturated rings. The molecule has 0 spiro atoms. The van der Waals surface area contributed by atoms with Gasteiger partial charge >= 0.3 is 6.03 Å². The van der Waals surface area contributed by atoms with Crippen LogP contribution in [0.1, 0.15) is 13.3 Å². The number of carbonyl (C=O) groups is 2. The Hall–Kier alpha value is -2.52. The number of amides is 3. The van der Waals surface area contributed by atoms with E-state index in [9.17, 15) is 14.0 Å². The second-order valence-electron chi connectivity index (χ2n) is 5.61. The highest BCUT2D eigenvalue weighted by molar-refractivity contribution is 8.00. The number of thiophene rings is 1. The van der Waals surface area contributed by atoms with Crippen molar-refractivity contribution in [3.8, 4) is 11.1 Å². The quantitative estimate of drug-likeness (QED) is 0.482. The summed E-state index contributed by atoms with van der Waals surface area (Å²) in [7, 11) is 0. The van der Waals surface area contributed by atoms with Gasteiger partial charge in [0.2, 0.25) is 5.91 Å². The van der Waals surface area contributed by atoms with Crippen LogP contribution in [0.15, 0.2) is 41.0 Å². The average Bonchev–Trinajstić information content (AvgIpc) is 3.10. The Morgan fingerprint density at radius 1 is 1.22 bits per heavy atom. The van der Waals surface area contributed by atoms with Crippen LogP contribution in [0.2, 0.25) is 0 Å². The minimum absolute atomic E-state index is 0.0460. The second kappa shape index (κ2) is 8.92. The van der Waals surface area contributed by atoms with Gasteiger partial charge in [0.05, 0.1) is 11.1 Å². The number of thioether (sulfide) groups is 1. The average molecular weight is 404 g/mol. The van der Waals surface area contributed by atoms with Gasteiger partial charge in [-0.25, -0.2) is 19.2 Å². The first-order valence-electron chi connectivity index (χ1n) is 8.27. The summed E-state index contributed by atoms with van der Waals surface area (Å²) < 4.78 is 13.2. The third-order valence-electron chi connectivity index (χ3n) is 3.62. The zero-order valence-corrected chi connectivity index (χ0v) is 16.1. The lowest BCUT2D eigenvalue weighted by Crippen LogP contribution is -2.40. The lowest BCUT2D eigenvalue weighted by atomic mass is 10.1. The van der Waals surface area contributed by atoms with Gasteiger partial charge in [0, 0.05) is 17.5 Å². The molecule has 9 heteroatoms. The highest BCUT2D eigenvalue weighted by Gasteiger charge is 2.15. The molecule has 0 aliphatic carbocycles. The van der Waals surface area contributed by atoms with Gasteiger partial charge in [-0.1, -0.05) is 30.8 Å². The fourth-order valence-electron chi connectivity index (χ4n) is 2.38. The number of fused-ring (bicyclic) bond motifs is 1. The molecular weight excluding hydrogens is 387 g/mol. The van der Waals surface area contributed by atoms with Crippen LogP contribution in [0.25, 0.3) is 21.3 Å². The molecule has 3 rings (SSSR count). The SMILES string of the molecule is CCCNC(=O)NC(=O)CSc1ncnc2scc(-c3ccc(F)cc3)c12. The minimum atomic E-state index is -0.502. The van der Waals surface area contributed by atoms with Crippen molar-refractivity contribution in [1.82, 2.24) is 20.6 Å². The van der Waals surface area contributed by atoms with E-state index in [4.69, 9.17) is 0 Å². The zero-order valence-electron chi connectivity index (χ0n) is 14.5. The molecule has 0 bridgehead atoms. The van der Waals surface area contributed by atoms with E-state index in [2.05, 4.69) is 20.6 Å². The van der Waals surface area contributed by atoms with Crippen molar-refractivity contribution in [2.45, 2.75) is 18.4 Å². The summed E-state index contributed by atoms with van der Waals surface area (Å²) in [5, 5.41) is 8.28. The second-order valence-corrected chi connectivity index (χ2v) is 7.43.